The Kier molecular flexibility index (Phi) is 11.3. The van der Waals surface area contributed by atoms with Gasteiger partial charge in [-0.25, -0.2) is 14.3 Å². The molecule has 1 saturated heterocycles. The molecule has 1 aromatic carbocycles. The van der Waals surface area contributed by atoms with E-state index in [1.807, 2.05) is 32.9 Å². The minimum absolute atomic E-state index is 0.257. The molecule has 0 saturated carbocycles. The van der Waals surface area contributed by atoms with Crippen molar-refractivity contribution in [3.8, 4) is 17.0 Å². The van der Waals surface area contributed by atoms with Crippen molar-refractivity contribution in [1.82, 2.24) is 19.2 Å². The Labute approximate surface area is 280 Å². The molecule has 1 atom stereocenters. The summed E-state index contributed by atoms with van der Waals surface area (Å²) in [7, 11) is 4.61. The third kappa shape index (κ3) is 8.70. The number of hydrogen-bond acceptors (Lipinski definition) is 10. The van der Waals surface area contributed by atoms with Crippen LogP contribution in [0, 0.1) is 5.92 Å². The fraction of sp³-hybridized carbons (Fsp3) is 0.515. The van der Waals surface area contributed by atoms with Gasteiger partial charge in [0.05, 0.1) is 58.7 Å². The molecule has 13 nitrogen and oxygen atoms in total. The van der Waals surface area contributed by atoms with Crippen LogP contribution in [0.1, 0.15) is 50.9 Å². The summed E-state index contributed by atoms with van der Waals surface area (Å²) < 4.78 is 19.4. The standard InChI is InChI=1S/C33H46ClN7O6/c1-21(9-8-16-46-30-24(19-37-39(30)6)23-17-22(31(43)45-7)20-38(5)29(23)42)18-36-28-25(35)10-11-26(27(28)34)40-12-14-41(15-13-40)32(44)47-33(2,3)4/h10-11,17,19-21,36H,8-9,12-16,18,35H2,1-7H3/t21-/m1/s1. The Morgan fingerprint density at radius 3 is 2.49 bits per heavy atom. The highest BCUT2D eigenvalue weighted by Crippen LogP contribution is 2.38. The largest absolute Gasteiger partial charge is 0.477 e. The van der Waals surface area contributed by atoms with E-state index in [-0.39, 0.29) is 23.1 Å². The highest BCUT2D eigenvalue weighted by Gasteiger charge is 2.27. The monoisotopic (exact) mass is 671 g/mol. The summed E-state index contributed by atoms with van der Waals surface area (Å²) in [5.74, 6) is 0.173. The zero-order valence-corrected chi connectivity index (χ0v) is 29.0. The molecule has 0 radical (unpaired) electrons. The molecule has 2 aromatic heterocycles. The van der Waals surface area contributed by atoms with Crippen molar-refractivity contribution in [3.05, 3.63) is 51.5 Å². The normalized spacial score (nSPS) is 14.1. The molecule has 0 aliphatic carbocycles. The zero-order chi connectivity index (χ0) is 34.5. The summed E-state index contributed by atoms with van der Waals surface area (Å²) in [4.78, 5) is 41.4. The first kappa shape index (κ1) is 35.5. The number of pyridine rings is 1. The predicted octanol–water partition coefficient (Wildman–Crippen LogP) is 4.77. The Morgan fingerprint density at radius 2 is 1.83 bits per heavy atom. The summed E-state index contributed by atoms with van der Waals surface area (Å²) >= 11 is 6.87. The molecule has 0 unspecified atom stereocenters. The maximum absolute atomic E-state index is 12.9. The molecule has 3 aromatic rings. The first-order chi connectivity index (χ1) is 22.2. The highest BCUT2D eigenvalue weighted by atomic mass is 35.5. The lowest BCUT2D eigenvalue weighted by Gasteiger charge is -2.37. The second-order valence-corrected chi connectivity index (χ2v) is 13.2. The Balaban J connectivity index is 1.31. The Hall–Kier alpha value is -4.39. The number of piperazine rings is 1. The molecule has 256 valence electrons. The number of hydrogen-bond donors (Lipinski definition) is 2. The van der Waals surface area contributed by atoms with Crippen LogP contribution in [0.2, 0.25) is 5.02 Å². The van der Waals surface area contributed by atoms with Crippen molar-refractivity contribution in [2.24, 2.45) is 20.0 Å². The number of halogens is 1. The number of anilines is 3. The van der Waals surface area contributed by atoms with Crippen LogP contribution in [0.25, 0.3) is 11.1 Å². The number of amides is 1. The predicted molar refractivity (Wildman–Crippen MR) is 183 cm³/mol. The number of benzene rings is 1. The number of aromatic nitrogens is 3. The zero-order valence-electron chi connectivity index (χ0n) is 28.3. The number of nitrogen functional groups attached to an aromatic ring is 1. The van der Waals surface area contributed by atoms with E-state index in [9.17, 15) is 14.4 Å². The average Bonchev–Trinajstić information content (AvgIpc) is 3.38. The molecule has 3 N–H and O–H groups in total. The highest BCUT2D eigenvalue weighted by molar-refractivity contribution is 6.36. The number of nitrogens with two attached hydrogens (primary N) is 1. The van der Waals surface area contributed by atoms with Gasteiger partial charge in [0.2, 0.25) is 5.88 Å². The van der Waals surface area contributed by atoms with Crippen LogP contribution < -0.4 is 26.2 Å². The molecule has 0 bridgehead atoms. The molecule has 1 aliphatic heterocycles. The van der Waals surface area contributed by atoms with Crippen molar-refractivity contribution in [2.45, 2.75) is 46.1 Å². The number of rotatable bonds is 11. The van der Waals surface area contributed by atoms with Crippen molar-refractivity contribution in [1.29, 1.82) is 0 Å². The third-order valence-electron chi connectivity index (χ3n) is 7.91. The fourth-order valence-corrected chi connectivity index (χ4v) is 5.71. The lowest BCUT2D eigenvalue weighted by atomic mass is 10.1. The van der Waals surface area contributed by atoms with E-state index in [1.54, 1.807) is 29.9 Å². The van der Waals surface area contributed by atoms with Crippen LogP contribution in [0.15, 0.2) is 35.4 Å². The van der Waals surface area contributed by atoms with Gasteiger partial charge in [-0.15, -0.1) is 0 Å². The van der Waals surface area contributed by atoms with Crippen LogP contribution in [0.4, 0.5) is 21.9 Å². The third-order valence-corrected chi connectivity index (χ3v) is 8.29. The van der Waals surface area contributed by atoms with E-state index in [2.05, 4.69) is 22.2 Å². The molecular formula is C33H46ClN7O6. The molecule has 4 rings (SSSR count). The number of nitrogens with zero attached hydrogens (tertiary/aromatic N) is 5. The maximum Gasteiger partial charge on any atom is 0.410 e. The van der Waals surface area contributed by atoms with Gasteiger partial charge in [0.15, 0.2) is 0 Å². The van der Waals surface area contributed by atoms with Gasteiger partial charge < -0.3 is 39.6 Å². The number of nitrogens with one attached hydrogen (secondary N) is 1. The van der Waals surface area contributed by atoms with E-state index in [0.29, 0.717) is 72.7 Å². The minimum Gasteiger partial charge on any atom is -0.477 e. The van der Waals surface area contributed by atoms with Gasteiger partial charge in [0, 0.05) is 53.0 Å². The molecular weight excluding hydrogens is 626 g/mol. The number of esters is 1. The summed E-state index contributed by atoms with van der Waals surface area (Å²) in [5.41, 5.74) is 8.69. The Bertz CT molecular complexity index is 1640. The van der Waals surface area contributed by atoms with Gasteiger partial charge in [0.25, 0.3) is 5.56 Å². The number of carbonyl (C=O) groups is 2. The second kappa shape index (κ2) is 15.0. The van der Waals surface area contributed by atoms with Crippen LogP contribution in [-0.4, -0.2) is 83.4 Å². The number of carbonyl (C=O) groups excluding carboxylic acids is 2. The molecule has 1 fully saturated rings. The van der Waals surface area contributed by atoms with Gasteiger partial charge in [-0.05, 0) is 57.7 Å². The van der Waals surface area contributed by atoms with Gasteiger partial charge >= 0.3 is 12.1 Å². The van der Waals surface area contributed by atoms with Crippen molar-refractivity contribution in [3.63, 3.8) is 0 Å². The SMILES string of the molecule is COC(=O)c1cc(-c2cnn(C)c2OCCC[C@@H](C)CNc2c(N)ccc(N3CCN(C(=O)OC(C)(C)C)CC3)c2Cl)c(=O)n(C)c1. The van der Waals surface area contributed by atoms with Gasteiger partial charge in [0.1, 0.15) is 5.60 Å². The molecule has 0 spiro atoms. The van der Waals surface area contributed by atoms with Crippen LogP contribution in [0.3, 0.4) is 0 Å². The van der Waals surface area contributed by atoms with Gasteiger partial charge in [-0.1, -0.05) is 18.5 Å². The first-order valence-electron chi connectivity index (χ1n) is 15.7. The molecule has 1 amide bonds. The summed E-state index contributed by atoms with van der Waals surface area (Å²) in [6, 6.07) is 5.27. The van der Waals surface area contributed by atoms with Crippen molar-refractivity contribution >= 4 is 40.7 Å². The number of ether oxygens (including phenoxy) is 3. The van der Waals surface area contributed by atoms with E-state index in [0.717, 1.165) is 18.5 Å². The van der Waals surface area contributed by atoms with Crippen molar-refractivity contribution in [2.75, 3.05) is 62.4 Å². The topological polar surface area (TPSA) is 146 Å². The lowest BCUT2D eigenvalue weighted by molar-refractivity contribution is 0.0240. The Morgan fingerprint density at radius 1 is 1.13 bits per heavy atom. The quantitative estimate of drug-likeness (QED) is 0.166. The molecule has 47 heavy (non-hydrogen) atoms. The van der Waals surface area contributed by atoms with Crippen LogP contribution in [-0.2, 0) is 23.6 Å². The van der Waals surface area contributed by atoms with Crippen LogP contribution >= 0.6 is 11.6 Å². The van der Waals surface area contributed by atoms with Gasteiger partial charge in [-0.2, -0.15) is 5.10 Å². The van der Waals surface area contributed by atoms with Gasteiger partial charge in [-0.3, -0.25) is 4.79 Å². The van der Waals surface area contributed by atoms with Crippen molar-refractivity contribution < 1.29 is 23.8 Å². The van der Waals surface area contributed by atoms with Crippen LogP contribution in [0.5, 0.6) is 5.88 Å². The second-order valence-electron chi connectivity index (χ2n) is 12.8. The molecule has 1 aliphatic rings. The summed E-state index contributed by atoms with van der Waals surface area (Å²) in [6.07, 6.45) is 4.29. The first-order valence-corrected chi connectivity index (χ1v) is 16.1. The molecule has 3 heterocycles. The number of aryl methyl sites for hydroxylation is 2. The lowest BCUT2D eigenvalue weighted by Crippen LogP contribution is -2.50. The molecule has 14 heteroatoms. The number of methoxy groups -OCH3 is 1. The summed E-state index contributed by atoms with van der Waals surface area (Å²) in [6.45, 7) is 11.1. The fourth-order valence-electron chi connectivity index (χ4n) is 5.36. The average molecular weight is 672 g/mol. The minimum atomic E-state index is -0.538. The smallest absolute Gasteiger partial charge is 0.410 e. The van der Waals surface area contributed by atoms with E-state index < -0.39 is 11.6 Å². The van der Waals surface area contributed by atoms with E-state index in [1.165, 1.54) is 23.9 Å². The van der Waals surface area contributed by atoms with E-state index >= 15 is 0 Å². The summed E-state index contributed by atoms with van der Waals surface area (Å²) in [5, 5.41) is 8.28. The maximum atomic E-state index is 12.9. The van der Waals surface area contributed by atoms with E-state index in [4.69, 9.17) is 31.5 Å².